The number of hydrogen-bond acceptors (Lipinski definition) is 4. The van der Waals surface area contributed by atoms with Gasteiger partial charge in [-0.05, 0) is 12.8 Å². The molecule has 1 aliphatic heterocycles. The van der Waals surface area contributed by atoms with E-state index in [1.807, 2.05) is 0 Å². The summed E-state index contributed by atoms with van der Waals surface area (Å²) in [6.07, 6.45) is 4.17. The largest absolute Gasteiger partial charge is 0.315 e. The zero-order chi connectivity index (χ0) is 12.4. The van der Waals surface area contributed by atoms with E-state index < -0.39 is 0 Å². The van der Waals surface area contributed by atoms with Gasteiger partial charge in [-0.15, -0.1) is 0 Å². The molecule has 2 rings (SSSR count). The van der Waals surface area contributed by atoms with E-state index in [2.05, 4.69) is 0 Å². The van der Waals surface area contributed by atoms with Gasteiger partial charge < -0.3 is 4.90 Å². The van der Waals surface area contributed by atoms with Crippen LogP contribution in [0.25, 0.3) is 0 Å². The first-order valence-corrected chi connectivity index (χ1v) is 6.65. The summed E-state index contributed by atoms with van der Waals surface area (Å²) in [6, 6.07) is 0. The molecule has 0 bridgehead atoms. The first kappa shape index (κ1) is 12.4. The summed E-state index contributed by atoms with van der Waals surface area (Å²) in [5, 5.41) is 0.0799. The molecule has 0 aromatic heterocycles. The van der Waals surface area contributed by atoms with Crippen molar-refractivity contribution in [3.05, 3.63) is 11.8 Å². The lowest BCUT2D eigenvalue weighted by Gasteiger charge is -2.22. The fourth-order valence-corrected chi connectivity index (χ4v) is 3.17. The lowest BCUT2D eigenvalue weighted by molar-refractivity contribution is -0.126. The van der Waals surface area contributed by atoms with Gasteiger partial charge in [-0.25, -0.2) is 0 Å². The van der Waals surface area contributed by atoms with E-state index in [0.717, 1.165) is 18.5 Å². The van der Waals surface area contributed by atoms with Crippen molar-refractivity contribution >= 4 is 28.6 Å². The van der Waals surface area contributed by atoms with E-state index in [4.69, 9.17) is 0 Å². The molecule has 5 heteroatoms. The molecule has 1 atom stereocenters. The number of allylic oxidation sites excluding steroid dienone is 2. The SMILES string of the molecule is CC(=O)SC1CC(=O)N(C2=CC(=O)CCC2)C1. The molecule has 0 aromatic rings. The number of ketones is 1. The lowest BCUT2D eigenvalue weighted by Crippen LogP contribution is -2.27. The molecule has 1 unspecified atom stereocenters. The van der Waals surface area contributed by atoms with Crippen molar-refractivity contribution in [2.45, 2.75) is 37.9 Å². The lowest BCUT2D eigenvalue weighted by atomic mass is 10.0. The maximum atomic E-state index is 11.8. The van der Waals surface area contributed by atoms with Crippen LogP contribution in [0.1, 0.15) is 32.6 Å². The quantitative estimate of drug-likeness (QED) is 0.748. The second kappa shape index (κ2) is 5.04. The molecule has 1 heterocycles. The van der Waals surface area contributed by atoms with Crippen molar-refractivity contribution < 1.29 is 14.4 Å². The number of nitrogens with zero attached hydrogens (tertiary/aromatic N) is 1. The zero-order valence-corrected chi connectivity index (χ0v) is 10.6. The van der Waals surface area contributed by atoms with Gasteiger partial charge in [-0.1, -0.05) is 11.8 Å². The third-order valence-corrected chi connectivity index (χ3v) is 3.93. The molecular formula is C12H15NO3S. The van der Waals surface area contributed by atoms with E-state index in [1.54, 1.807) is 11.0 Å². The van der Waals surface area contributed by atoms with Crippen LogP contribution >= 0.6 is 11.8 Å². The Morgan fingerprint density at radius 3 is 2.82 bits per heavy atom. The highest BCUT2D eigenvalue weighted by Crippen LogP contribution is 2.29. The molecular weight excluding hydrogens is 238 g/mol. The minimum atomic E-state index is 0.0321. The summed E-state index contributed by atoms with van der Waals surface area (Å²) in [7, 11) is 0. The molecule has 0 spiro atoms. The molecule has 92 valence electrons. The summed E-state index contributed by atoms with van der Waals surface area (Å²) in [6.45, 7) is 2.07. The zero-order valence-electron chi connectivity index (χ0n) is 9.77. The van der Waals surface area contributed by atoms with Crippen molar-refractivity contribution in [2.75, 3.05) is 6.54 Å². The maximum absolute atomic E-state index is 11.8. The van der Waals surface area contributed by atoms with Crippen molar-refractivity contribution in [3.8, 4) is 0 Å². The molecule has 0 aromatic carbocycles. The van der Waals surface area contributed by atoms with Crippen LogP contribution < -0.4 is 0 Å². The van der Waals surface area contributed by atoms with Crippen molar-refractivity contribution in [1.82, 2.24) is 4.90 Å². The molecule has 1 saturated heterocycles. The van der Waals surface area contributed by atoms with Crippen LogP contribution in [-0.2, 0) is 14.4 Å². The third kappa shape index (κ3) is 2.97. The van der Waals surface area contributed by atoms with Gasteiger partial charge >= 0.3 is 0 Å². The highest BCUT2D eigenvalue weighted by atomic mass is 32.2. The first-order chi connectivity index (χ1) is 8.06. The fourth-order valence-electron chi connectivity index (χ4n) is 2.25. The van der Waals surface area contributed by atoms with E-state index in [0.29, 0.717) is 19.4 Å². The number of carbonyl (C=O) groups excluding carboxylic acids is 3. The molecule has 0 saturated carbocycles. The van der Waals surface area contributed by atoms with Crippen molar-refractivity contribution in [2.24, 2.45) is 0 Å². The average molecular weight is 253 g/mol. The minimum Gasteiger partial charge on any atom is -0.315 e. The average Bonchev–Trinajstić information content (AvgIpc) is 2.58. The van der Waals surface area contributed by atoms with Crippen molar-refractivity contribution in [3.63, 3.8) is 0 Å². The summed E-state index contributed by atoms with van der Waals surface area (Å²) in [4.78, 5) is 35.8. The number of rotatable bonds is 2. The third-order valence-electron chi connectivity index (χ3n) is 2.95. The molecule has 1 fully saturated rings. The van der Waals surface area contributed by atoms with Crippen LogP contribution in [0.5, 0.6) is 0 Å². The van der Waals surface area contributed by atoms with Gasteiger partial charge in [-0.2, -0.15) is 0 Å². The van der Waals surface area contributed by atoms with Crippen molar-refractivity contribution in [1.29, 1.82) is 0 Å². The van der Waals surface area contributed by atoms with Gasteiger partial charge in [0.1, 0.15) is 0 Å². The summed E-state index contributed by atoms with van der Waals surface area (Å²) in [5.41, 5.74) is 0.831. The first-order valence-electron chi connectivity index (χ1n) is 5.77. The highest BCUT2D eigenvalue weighted by Gasteiger charge is 2.33. The number of thioether (sulfide) groups is 1. The van der Waals surface area contributed by atoms with E-state index in [-0.39, 0.29) is 22.1 Å². The molecule has 1 amide bonds. The molecule has 0 radical (unpaired) electrons. The Kier molecular flexibility index (Phi) is 3.66. The van der Waals surface area contributed by atoms with Crippen LogP contribution in [0.3, 0.4) is 0 Å². The Labute approximate surface area is 104 Å². The predicted octanol–water partition coefficient (Wildman–Crippen LogP) is 1.50. The van der Waals surface area contributed by atoms with Gasteiger partial charge in [0.2, 0.25) is 5.91 Å². The topological polar surface area (TPSA) is 54.5 Å². The molecule has 0 N–H and O–H groups in total. The summed E-state index contributed by atoms with van der Waals surface area (Å²) < 4.78 is 0. The molecule has 1 aliphatic carbocycles. The van der Waals surface area contributed by atoms with Gasteiger partial charge in [0.05, 0.1) is 0 Å². The standard InChI is InChI=1S/C12H15NO3S/c1-8(14)17-11-6-12(16)13(7-11)9-3-2-4-10(15)5-9/h5,11H,2-4,6-7H2,1H3. The fraction of sp³-hybridized carbons (Fsp3) is 0.583. The Morgan fingerprint density at radius 1 is 1.41 bits per heavy atom. The van der Waals surface area contributed by atoms with Crippen LogP contribution in [0, 0.1) is 0 Å². The Balaban J connectivity index is 2.05. The smallest absolute Gasteiger partial charge is 0.227 e. The van der Waals surface area contributed by atoms with Gasteiger partial charge in [0.15, 0.2) is 10.9 Å². The monoisotopic (exact) mass is 253 g/mol. The maximum Gasteiger partial charge on any atom is 0.227 e. The van der Waals surface area contributed by atoms with Gasteiger partial charge in [-0.3, -0.25) is 14.4 Å². The minimum absolute atomic E-state index is 0.0321. The van der Waals surface area contributed by atoms with Gasteiger partial charge in [0, 0.05) is 43.3 Å². The Bertz CT molecular complexity index is 403. The normalized spacial score (nSPS) is 25.1. The predicted molar refractivity (Wildman–Crippen MR) is 65.3 cm³/mol. The van der Waals surface area contributed by atoms with Crippen LogP contribution in [0.4, 0.5) is 0 Å². The molecule has 17 heavy (non-hydrogen) atoms. The number of hydrogen-bond donors (Lipinski definition) is 0. The number of amides is 1. The van der Waals surface area contributed by atoms with Gasteiger partial charge in [0.25, 0.3) is 0 Å². The second-order valence-electron chi connectivity index (χ2n) is 4.40. The highest BCUT2D eigenvalue weighted by molar-refractivity contribution is 8.14. The van der Waals surface area contributed by atoms with Crippen LogP contribution in [0.2, 0.25) is 0 Å². The number of carbonyl (C=O) groups is 3. The van der Waals surface area contributed by atoms with E-state index in [1.165, 1.54) is 18.7 Å². The van der Waals surface area contributed by atoms with Crippen LogP contribution in [-0.4, -0.2) is 33.5 Å². The Hall–Kier alpha value is -1.10. The Morgan fingerprint density at radius 2 is 2.18 bits per heavy atom. The summed E-state index contributed by atoms with van der Waals surface area (Å²) in [5.74, 6) is 0.131. The number of likely N-dealkylation sites (tertiary alicyclic amines) is 1. The molecule has 2 aliphatic rings. The van der Waals surface area contributed by atoms with E-state index >= 15 is 0 Å². The molecule has 4 nitrogen and oxygen atoms in total. The van der Waals surface area contributed by atoms with Crippen LogP contribution in [0.15, 0.2) is 11.8 Å². The second-order valence-corrected chi connectivity index (χ2v) is 5.87. The van der Waals surface area contributed by atoms with E-state index in [9.17, 15) is 14.4 Å². The summed E-state index contributed by atoms with van der Waals surface area (Å²) >= 11 is 1.22.